The van der Waals surface area contributed by atoms with Crippen LogP contribution in [0.1, 0.15) is 0 Å². The molecule has 0 amide bonds. The largest absolute Gasteiger partial charge is 0.368 e. The summed E-state index contributed by atoms with van der Waals surface area (Å²) in [6.45, 7) is 0. The van der Waals surface area contributed by atoms with Crippen LogP contribution >= 0.6 is 15.9 Å². The van der Waals surface area contributed by atoms with Crippen LogP contribution in [0.2, 0.25) is 0 Å². The Bertz CT molecular complexity index is 322. The van der Waals surface area contributed by atoms with Crippen molar-refractivity contribution in [3.05, 3.63) is 23.1 Å². The predicted molar refractivity (Wildman–Crippen MR) is 40.6 cm³/mol. The first-order valence-electron chi connectivity index (χ1n) is 2.77. The average molecular weight is 197 g/mol. The van der Waals surface area contributed by atoms with Crippen LogP contribution in [0, 0.1) is 0 Å². The molecular weight excluding hydrogens is 194 g/mol. The van der Waals surface area contributed by atoms with Crippen LogP contribution in [0.25, 0.3) is 11.2 Å². The molecule has 0 unspecified atom stereocenters. The van der Waals surface area contributed by atoms with Crippen molar-refractivity contribution in [2.24, 2.45) is 0 Å². The maximum absolute atomic E-state index is 4.06. The molecular formula is C6H3BrN3-. The van der Waals surface area contributed by atoms with E-state index in [0.29, 0.717) is 10.4 Å². The van der Waals surface area contributed by atoms with Crippen molar-refractivity contribution in [1.29, 1.82) is 0 Å². The van der Waals surface area contributed by atoms with Gasteiger partial charge in [0.05, 0.1) is 4.73 Å². The second kappa shape index (κ2) is 2.05. The van der Waals surface area contributed by atoms with E-state index in [-0.39, 0.29) is 0 Å². The van der Waals surface area contributed by atoms with Gasteiger partial charge >= 0.3 is 0 Å². The normalized spacial score (nSPS) is 10.5. The fourth-order valence-corrected chi connectivity index (χ4v) is 1.13. The number of imidazole rings is 1. The molecule has 0 saturated carbocycles. The van der Waals surface area contributed by atoms with Crippen LogP contribution in [0.5, 0.6) is 0 Å². The molecule has 0 radical (unpaired) electrons. The van der Waals surface area contributed by atoms with E-state index in [1.165, 1.54) is 0 Å². The average Bonchev–Trinajstić information content (AvgIpc) is 2.27. The zero-order chi connectivity index (χ0) is 6.97. The summed E-state index contributed by atoms with van der Waals surface area (Å²) in [6.07, 6.45) is 1.70. The number of hydrogen-bond acceptors (Lipinski definition) is 2. The summed E-state index contributed by atoms with van der Waals surface area (Å²) in [4.78, 5) is 12.1. The zero-order valence-corrected chi connectivity index (χ0v) is 6.54. The first kappa shape index (κ1) is 5.85. The van der Waals surface area contributed by atoms with Gasteiger partial charge in [-0.15, -0.1) is 0 Å². The van der Waals surface area contributed by atoms with Crippen molar-refractivity contribution in [1.82, 2.24) is 15.0 Å². The molecule has 2 rings (SSSR count). The fraction of sp³-hybridized carbons (Fsp3) is 0. The summed E-state index contributed by atoms with van der Waals surface area (Å²) in [6, 6.07) is 3.71. The number of nitrogens with zero attached hydrogens (tertiary/aromatic N) is 3. The molecule has 2 heterocycles. The highest BCUT2D eigenvalue weighted by molar-refractivity contribution is 9.10. The van der Waals surface area contributed by atoms with E-state index in [1.54, 1.807) is 6.20 Å². The number of aromatic nitrogens is 3. The first-order valence-corrected chi connectivity index (χ1v) is 3.56. The Balaban J connectivity index is 2.88. The lowest BCUT2D eigenvalue weighted by Gasteiger charge is -1.89. The quantitative estimate of drug-likeness (QED) is 0.639. The van der Waals surface area contributed by atoms with Crippen molar-refractivity contribution in [2.45, 2.75) is 0 Å². The van der Waals surface area contributed by atoms with Gasteiger partial charge in [-0.05, 0) is 22.1 Å². The minimum atomic E-state index is 0.598. The van der Waals surface area contributed by atoms with Crippen LogP contribution < -0.4 is 4.98 Å². The topological polar surface area (TPSA) is 39.9 Å². The molecule has 0 aliphatic heterocycles. The number of fused-ring (bicyclic) bond motifs is 1. The van der Waals surface area contributed by atoms with Crippen molar-refractivity contribution in [3.8, 4) is 0 Å². The summed E-state index contributed by atoms with van der Waals surface area (Å²) in [5.41, 5.74) is 1.52. The molecule has 3 nitrogen and oxygen atoms in total. The molecule has 0 spiro atoms. The van der Waals surface area contributed by atoms with Gasteiger partial charge in [0.15, 0.2) is 0 Å². The number of hydrogen-bond donors (Lipinski definition) is 0. The second-order valence-corrected chi connectivity index (χ2v) is 2.55. The molecule has 0 fully saturated rings. The molecule has 0 aliphatic carbocycles. The summed E-state index contributed by atoms with van der Waals surface area (Å²) >= 11 is 3.16. The van der Waals surface area contributed by atoms with Crippen molar-refractivity contribution in [3.63, 3.8) is 0 Å². The van der Waals surface area contributed by atoms with E-state index < -0.39 is 0 Å². The number of rotatable bonds is 0. The fourth-order valence-electron chi connectivity index (χ4n) is 0.774. The van der Waals surface area contributed by atoms with Crippen molar-refractivity contribution >= 4 is 27.1 Å². The molecule has 50 valence electrons. The molecule has 0 saturated heterocycles. The SMILES string of the molecule is Brc1nc2cccnc2[n-]1. The first-order chi connectivity index (χ1) is 4.86. The maximum atomic E-state index is 4.06. The molecule has 0 aliphatic rings. The Morgan fingerprint density at radius 2 is 2.40 bits per heavy atom. The Kier molecular flexibility index (Phi) is 1.20. The van der Waals surface area contributed by atoms with Gasteiger partial charge in [-0.2, -0.15) is 0 Å². The van der Waals surface area contributed by atoms with Crippen LogP contribution in [0.4, 0.5) is 0 Å². The van der Waals surface area contributed by atoms with E-state index in [0.717, 1.165) is 5.52 Å². The Morgan fingerprint density at radius 1 is 1.50 bits per heavy atom. The smallest absolute Gasteiger partial charge is 0.0557 e. The molecule has 0 aromatic carbocycles. The predicted octanol–water partition coefficient (Wildman–Crippen LogP) is 1.35. The highest BCUT2D eigenvalue weighted by Gasteiger charge is 1.87. The monoisotopic (exact) mass is 196 g/mol. The van der Waals surface area contributed by atoms with Gasteiger partial charge in [0, 0.05) is 11.2 Å². The lowest BCUT2D eigenvalue weighted by molar-refractivity contribution is 1.22. The van der Waals surface area contributed by atoms with Gasteiger partial charge < -0.3 is 15.0 Å². The van der Waals surface area contributed by atoms with E-state index in [4.69, 9.17) is 0 Å². The van der Waals surface area contributed by atoms with Crippen molar-refractivity contribution in [2.75, 3.05) is 0 Å². The Hall–Kier alpha value is -0.900. The third kappa shape index (κ3) is 0.806. The number of pyridine rings is 1. The van der Waals surface area contributed by atoms with Gasteiger partial charge in [0.2, 0.25) is 0 Å². The van der Waals surface area contributed by atoms with Gasteiger partial charge in [-0.3, -0.25) is 0 Å². The minimum absolute atomic E-state index is 0.598. The van der Waals surface area contributed by atoms with Crippen LogP contribution in [-0.2, 0) is 0 Å². The Morgan fingerprint density at radius 3 is 3.20 bits per heavy atom. The molecule has 10 heavy (non-hydrogen) atoms. The summed E-state index contributed by atoms with van der Waals surface area (Å²) in [5, 5.41) is 0. The lowest BCUT2D eigenvalue weighted by atomic mass is 10.4. The van der Waals surface area contributed by atoms with E-state index in [2.05, 4.69) is 30.9 Å². The van der Waals surface area contributed by atoms with Crippen LogP contribution in [0.3, 0.4) is 0 Å². The molecule has 4 heteroatoms. The molecule has 2 aromatic heterocycles. The number of halogens is 1. The van der Waals surface area contributed by atoms with E-state index in [1.807, 2.05) is 12.1 Å². The third-order valence-electron chi connectivity index (χ3n) is 1.18. The highest BCUT2D eigenvalue weighted by atomic mass is 79.9. The maximum Gasteiger partial charge on any atom is 0.0557 e. The molecule has 2 aromatic rings. The minimum Gasteiger partial charge on any atom is -0.368 e. The lowest BCUT2D eigenvalue weighted by Crippen LogP contribution is -1.74. The van der Waals surface area contributed by atoms with Gasteiger partial charge in [-0.25, -0.2) is 0 Å². The van der Waals surface area contributed by atoms with Gasteiger partial charge in [-0.1, -0.05) is 12.1 Å². The van der Waals surface area contributed by atoms with Crippen molar-refractivity contribution < 1.29 is 0 Å². The molecule has 0 bridgehead atoms. The third-order valence-corrected chi connectivity index (χ3v) is 1.53. The summed E-state index contributed by atoms with van der Waals surface area (Å²) in [7, 11) is 0. The standard InChI is InChI=1S/C6H3BrN3/c7-6-9-4-2-1-3-8-5(4)10-6/h1-3H/q-1. The van der Waals surface area contributed by atoms with Gasteiger partial charge in [0.25, 0.3) is 0 Å². The van der Waals surface area contributed by atoms with Gasteiger partial charge in [0.1, 0.15) is 0 Å². The van der Waals surface area contributed by atoms with E-state index >= 15 is 0 Å². The second-order valence-electron chi connectivity index (χ2n) is 1.84. The van der Waals surface area contributed by atoms with Crippen LogP contribution in [0.15, 0.2) is 23.1 Å². The molecule has 0 atom stereocenters. The highest BCUT2D eigenvalue weighted by Crippen LogP contribution is 2.09. The van der Waals surface area contributed by atoms with Crippen LogP contribution in [-0.4, -0.2) is 9.97 Å². The van der Waals surface area contributed by atoms with E-state index in [9.17, 15) is 0 Å². The molecule has 0 N–H and O–H groups in total. The Labute approximate surface area is 65.6 Å². The zero-order valence-electron chi connectivity index (χ0n) is 4.95. The summed E-state index contributed by atoms with van der Waals surface area (Å²) < 4.78 is 0.598. The summed E-state index contributed by atoms with van der Waals surface area (Å²) in [5.74, 6) is 0.